The Hall–Kier alpha value is -2.45. The Morgan fingerprint density at radius 2 is 1.97 bits per heavy atom. The molecule has 0 aliphatic heterocycles. The Bertz CT molecular complexity index is 864. The van der Waals surface area contributed by atoms with E-state index in [1.165, 1.54) is 19.3 Å². The summed E-state index contributed by atoms with van der Waals surface area (Å²) in [7, 11) is 0. The van der Waals surface area contributed by atoms with Gasteiger partial charge in [0.05, 0.1) is 19.3 Å². The molecule has 1 saturated carbocycles. The second-order valence-corrected chi connectivity index (χ2v) is 7.76. The molecular weight excluding hydrogens is 413 g/mol. The van der Waals surface area contributed by atoms with E-state index in [1.807, 2.05) is 6.92 Å². The van der Waals surface area contributed by atoms with Gasteiger partial charge in [-0.15, -0.1) is 0 Å². The largest absolute Gasteiger partial charge is 0.476 e. The molecule has 1 atom stereocenters. The van der Waals surface area contributed by atoms with Crippen LogP contribution in [0.2, 0.25) is 5.02 Å². The quantitative estimate of drug-likeness (QED) is 0.612. The van der Waals surface area contributed by atoms with E-state index in [4.69, 9.17) is 25.8 Å². The van der Waals surface area contributed by atoms with Gasteiger partial charge in [0, 0.05) is 18.5 Å². The van der Waals surface area contributed by atoms with Crippen LogP contribution in [0.15, 0.2) is 30.6 Å². The molecule has 30 heavy (non-hydrogen) atoms. The molecule has 1 aromatic heterocycles. The summed E-state index contributed by atoms with van der Waals surface area (Å²) in [6.07, 6.45) is 3.20. The van der Waals surface area contributed by atoms with E-state index in [9.17, 15) is 9.18 Å². The van der Waals surface area contributed by atoms with Crippen LogP contribution in [0.5, 0.6) is 11.8 Å². The average Bonchev–Trinajstić information content (AvgIpc) is 2.67. The van der Waals surface area contributed by atoms with Crippen molar-refractivity contribution in [1.29, 1.82) is 0 Å². The van der Waals surface area contributed by atoms with Crippen LogP contribution in [0, 0.1) is 11.7 Å². The van der Waals surface area contributed by atoms with E-state index in [0.717, 1.165) is 12.8 Å². The predicted molar refractivity (Wildman–Crippen MR) is 109 cm³/mol. The van der Waals surface area contributed by atoms with Gasteiger partial charge in [0.25, 0.3) is 0 Å². The van der Waals surface area contributed by atoms with Gasteiger partial charge in [-0.25, -0.2) is 14.4 Å². The fraction of sp³-hybridized carbons (Fsp3) is 0.476. The van der Waals surface area contributed by atoms with Crippen LogP contribution >= 0.6 is 11.6 Å². The van der Waals surface area contributed by atoms with Crippen LogP contribution in [-0.4, -0.2) is 41.2 Å². The molecule has 162 valence electrons. The van der Waals surface area contributed by atoms with E-state index in [-0.39, 0.29) is 47.3 Å². The number of aromatic nitrogens is 2. The van der Waals surface area contributed by atoms with E-state index >= 15 is 0 Å². The number of carbonyl (C=O) groups excluding carboxylic acids is 1. The molecule has 1 N–H and O–H groups in total. The highest BCUT2D eigenvalue weighted by Gasteiger charge is 2.31. The monoisotopic (exact) mass is 437 g/mol. The predicted octanol–water partition coefficient (Wildman–Crippen LogP) is 3.55. The van der Waals surface area contributed by atoms with E-state index < -0.39 is 0 Å². The zero-order valence-electron chi connectivity index (χ0n) is 16.9. The van der Waals surface area contributed by atoms with E-state index in [1.54, 1.807) is 18.2 Å². The van der Waals surface area contributed by atoms with Gasteiger partial charge in [0.15, 0.2) is 5.02 Å². The van der Waals surface area contributed by atoms with Crippen molar-refractivity contribution in [1.82, 2.24) is 15.3 Å². The van der Waals surface area contributed by atoms with Crippen molar-refractivity contribution in [2.45, 2.75) is 45.4 Å². The van der Waals surface area contributed by atoms with Gasteiger partial charge in [0.1, 0.15) is 18.8 Å². The highest BCUT2D eigenvalue weighted by Crippen LogP contribution is 2.34. The Kier molecular flexibility index (Phi) is 7.81. The number of nitrogens with zero attached hydrogens (tertiary/aromatic N) is 2. The fourth-order valence-corrected chi connectivity index (χ4v) is 3.32. The van der Waals surface area contributed by atoms with Crippen molar-refractivity contribution in [3.8, 4) is 11.8 Å². The number of carbonyl (C=O) groups is 1. The van der Waals surface area contributed by atoms with Crippen molar-refractivity contribution >= 4 is 17.5 Å². The third-order valence-corrected chi connectivity index (χ3v) is 5.05. The molecule has 1 fully saturated rings. The first kappa shape index (κ1) is 22.2. The van der Waals surface area contributed by atoms with Crippen LogP contribution in [0.4, 0.5) is 4.39 Å². The summed E-state index contributed by atoms with van der Waals surface area (Å²) >= 11 is 6.29. The number of hydrogen-bond acceptors (Lipinski definition) is 6. The Labute approximate surface area is 179 Å². The number of nitrogens with one attached hydrogen (secondary N) is 1. The van der Waals surface area contributed by atoms with Gasteiger partial charge < -0.3 is 19.5 Å². The molecule has 0 radical (unpaired) electrons. The van der Waals surface area contributed by atoms with Gasteiger partial charge in [-0.3, -0.25) is 4.79 Å². The summed E-state index contributed by atoms with van der Waals surface area (Å²) in [5.41, 5.74) is 0.406. The van der Waals surface area contributed by atoms with Gasteiger partial charge in [-0.05, 0) is 31.7 Å². The fourth-order valence-electron chi connectivity index (χ4n) is 3.11. The number of rotatable bonds is 10. The maximum atomic E-state index is 13.7. The number of hydrogen-bond donors (Lipinski definition) is 1. The summed E-state index contributed by atoms with van der Waals surface area (Å²) in [5.74, 6) is 0.294. The molecule has 1 aliphatic carbocycles. The summed E-state index contributed by atoms with van der Waals surface area (Å²) in [4.78, 5) is 19.1. The number of amides is 1. The standard InChI is InChI=1S/C21H25ClFN3O4/c1-13(26-14(2)27)9-28-17-7-15(8-17)10-29-20-19(22)21(25-12-24-20)30-11-16-5-3-4-6-18(16)23/h3-6,12-13,15,17H,7-11H2,1-2H3,(H,26,27)/t13-,15?,17?/m0/s1. The Morgan fingerprint density at radius 1 is 1.27 bits per heavy atom. The van der Waals surface area contributed by atoms with E-state index in [0.29, 0.717) is 24.7 Å². The molecule has 1 amide bonds. The topological polar surface area (TPSA) is 82.6 Å². The van der Waals surface area contributed by atoms with Crippen molar-refractivity contribution in [3.63, 3.8) is 0 Å². The van der Waals surface area contributed by atoms with Gasteiger partial charge in [0.2, 0.25) is 17.7 Å². The molecule has 7 nitrogen and oxygen atoms in total. The number of benzene rings is 1. The summed E-state index contributed by atoms with van der Waals surface area (Å²) in [6.45, 7) is 4.33. The molecule has 9 heteroatoms. The summed E-state index contributed by atoms with van der Waals surface area (Å²) in [6, 6.07) is 6.33. The van der Waals surface area contributed by atoms with Gasteiger partial charge >= 0.3 is 0 Å². The molecule has 1 heterocycles. The summed E-state index contributed by atoms with van der Waals surface area (Å²) < 4.78 is 30.8. The highest BCUT2D eigenvalue weighted by atomic mass is 35.5. The lowest BCUT2D eigenvalue weighted by Crippen LogP contribution is -2.40. The molecule has 2 aromatic rings. The Balaban J connectivity index is 1.42. The second kappa shape index (κ2) is 10.5. The Morgan fingerprint density at radius 3 is 2.67 bits per heavy atom. The first-order valence-electron chi connectivity index (χ1n) is 9.80. The van der Waals surface area contributed by atoms with Crippen molar-refractivity contribution in [2.75, 3.05) is 13.2 Å². The first-order chi connectivity index (χ1) is 14.4. The lowest BCUT2D eigenvalue weighted by molar-refractivity contribution is -0.120. The lowest BCUT2D eigenvalue weighted by atomic mass is 9.83. The second-order valence-electron chi connectivity index (χ2n) is 7.38. The molecular formula is C21H25ClFN3O4. The maximum absolute atomic E-state index is 13.7. The smallest absolute Gasteiger partial charge is 0.240 e. The molecule has 0 saturated heterocycles. The van der Waals surface area contributed by atoms with Crippen LogP contribution in [0.3, 0.4) is 0 Å². The van der Waals surface area contributed by atoms with Crippen LogP contribution < -0.4 is 14.8 Å². The van der Waals surface area contributed by atoms with Gasteiger partial charge in [-0.2, -0.15) is 0 Å². The molecule has 1 aromatic carbocycles. The van der Waals surface area contributed by atoms with Crippen LogP contribution in [0.25, 0.3) is 0 Å². The first-order valence-corrected chi connectivity index (χ1v) is 10.2. The zero-order chi connectivity index (χ0) is 21.5. The van der Waals surface area contributed by atoms with Crippen molar-refractivity contribution in [3.05, 3.63) is 47.0 Å². The minimum absolute atomic E-state index is 0.00139. The number of halogens is 2. The van der Waals surface area contributed by atoms with E-state index in [2.05, 4.69) is 15.3 Å². The molecule has 0 bridgehead atoms. The number of ether oxygens (including phenoxy) is 3. The minimum atomic E-state index is -0.354. The molecule has 3 rings (SSSR count). The molecule has 0 unspecified atom stereocenters. The van der Waals surface area contributed by atoms with Crippen molar-refractivity contribution < 1.29 is 23.4 Å². The van der Waals surface area contributed by atoms with Crippen molar-refractivity contribution in [2.24, 2.45) is 5.92 Å². The normalized spacial score (nSPS) is 18.9. The van der Waals surface area contributed by atoms with Gasteiger partial charge in [-0.1, -0.05) is 29.8 Å². The van der Waals surface area contributed by atoms with Crippen LogP contribution in [0.1, 0.15) is 32.3 Å². The zero-order valence-corrected chi connectivity index (χ0v) is 17.7. The lowest BCUT2D eigenvalue weighted by Gasteiger charge is -2.35. The summed E-state index contributed by atoms with van der Waals surface area (Å²) in [5, 5.41) is 2.95. The average molecular weight is 438 g/mol. The maximum Gasteiger partial charge on any atom is 0.240 e. The highest BCUT2D eigenvalue weighted by molar-refractivity contribution is 6.33. The SMILES string of the molecule is CC(=O)N[C@@H](C)COC1CC(COc2ncnc(OCc3ccccc3F)c2Cl)C1. The third kappa shape index (κ3) is 6.27. The van der Waals surface area contributed by atoms with Crippen LogP contribution in [-0.2, 0) is 16.1 Å². The molecule has 1 aliphatic rings. The minimum Gasteiger partial charge on any atom is -0.476 e. The third-order valence-electron chi connectivity index (χ3n) is 4.73. The molecule has 0 spiro atoms.